The molecule has 2 unspecified atom stereocenters. The van der Waals surface area contributed by atoms with Crippen LogP contribution in [-0.4, -0.2) is 49.3 Å². The van der Waals surface area contributed by atoms with Crippen LogP contribution in [0.5, 0.6) is 0 Å². The van der Waals surface area contributed by atoms with E-state index in [1.807, 2.05) is 0 Å². The van der Waals surface area contributed by atoms with E-state index in [0.29, 0.717) is 17.6 Å². The number of nitrogens with one attached hydrogen (secondary N) is 1. The molecule has 0 aromatic carbocycles. The number of likely N-dealkylation sites (tertiary alicyclic amines) is 1. The van der Waals surface area contributed by atoms with Gasteiger partial charge in [-0.25, -0.2) is 0 Å². The zero-order valence-corrected chi connectivity index (χ0v) is 12.0. The molecule has 0 bridgehead atoms. The smallest absolute Gasteiger partial charge is 0.0707 e. The van der Waals surface area contributed by atoms with Crippen molar-refractivity contribution >= 4 is 0 Å². The first-order valence-electron chi connectivity index (χ1n) is 7.72. The van der Waals surface area contributed by atoms with E-state index in [-0.39, 0.29) is 0 Å². The average molecular weight is 252 g/mol. The highest BCUT2D eigenvalue weighted by atomic mass is 16.5. The van der Waals surface area contributed by atoms with E-state index in [2.05, 4.69) is 24.1 Å². The Morgan fingerprint density at radius 3 is 2.61 bits per heavy atom. The number of hydrogen-bond acceptors (Lipinski definition) is 3. The molecule has 18 heavy (non-hydrogen) atoms. The normalized spacial score (nSPS) is 36.3. The summed E-state index contributed by atoms with van der Waals surface area (Å²) < 4.78 is 6.17. The van der Waals surface area contributed by atoms with Crippen molar-refractivity contribution in [1.29, 1.82) is 0 Å². The largest absolute Gasteiger partial charge is 0.372 e. The van der Waals surface area contributed by atoms with Gasteiger partial charge in [-0.3, -0.25) is 0 Å². The second-order valence-electron chi connectivity index (χ2n) is 7.29. The molecule has 3 aliphatic rings. The van der Waals surface area contributed by atoms with Gasteiger partial charge in [0.15, 0.2) is 0 Å². The third kappa shape index (κ3) is 3.46. The third-order valence-corrected chi connectivity index (χ3v) is 4.63. The fourth-order valence-electron chi connectivity index (χ4n) is 3.32. The van der Waals surface area contributed by atoms with E-state index in [0.717, 1.165) is 19.1 Å². The minimum Gasteiger partial charge on any atom is -0.372 e. The highest BCUT2D eigenvalue weighted by Gasteiger charge is 2.33. The molecule has 3 heteroatoms. The van der Waals surface area contributed by atoms with E-state index in [1.54, 1.807) is 0 Å². The predicted octanol–water partition coefficient (Wildman–Crippen LogP) is 2.02. The van der Waals surface area contributed by atoms with Crippen molar-refractivity contribution < 1.29 is 4.74 Å². The molecular weight excluding hydrogens is 224 g/mol. The Hall–Kier alpha value is -0.120. The van der Waals surface area contributed by atoms with Gasteiger partial charge in [-0.05, 0) is 44.1 Å². The van der Waals surface area contributed by atoms with Crippen LogP contribution in [0.3, 0.4) is 0 Å². The zero-order valence-electron chi connectivity index (χ0n) is 12.0. The summed E-state index contributed by atoms with van der Waals surface area (Å²) in [5.41, 5.74) is 0.519. The molecule has 1 aliphatic carbocycles. The summed E-state index contributed by atoms with van der Waals surface area (Å²) in [5.74, 6) is 0. The summed E-state index contributed by atoms with van der Waals surface area (Å²) in [6.07, 6.45) is 7.57. The molecule has 3 rings (SSSR count). The second-order valence-corrected chi connectivity index (χ2v) is 7.29. The molecule has 0 spiro atoms. The summed E-state index contributed by atoms with van der Waals surface area (Å²) >= 11 is 0. The first kappa shape index (κ1) is 12.9. The lowest BCUT2D eigenvalue weighted by Gasteiger charge is -2.23. The van der Waals surface area contributed by atoms with Gasteiger partial charge < -0.3 is 15.0 Å². The standard InChI is InChI=1S/C15H28N2O/c1-15(2)7-8-17(11-15)10-14-6-5-13(18-14)9-16-12-3-4-12/h12-14,16H,3-11H2,1-2H3. The van der Waals surface area contributed by atoms with Gasteiger partial charge in [-0.15, -0.1) is 0 Å². The van der Waals surface area contributed by atoms with Crippen LogP contribution >= 0.6 is 0 Å². The summed E-state index contributed by atoms with van der Waals surface area (Å²) in [6, 6.07) is 0.812. The summed E-state index contributed by atoms with van der Waals surface area (Å²) in [4.78, 5) is 2.60. The maximum Gasteiger partial charge on any atom is 0.0707 e. The fourth-order valence-corrected chi connectivity index (χ4v) is 3.32. The molecule has 3 nitrogen and oxygen atoms in total. The molecule has 1 saturated carbocycles. The van der Waals surface area contributed by atoms with Crippen LogP contribution in [0.2, 0.25) is 0 Å². The van der Waals surface area contributed by atoms with E-state index >= 15 is 0 Å². The number of hydrogen-bond donors (Lipinski definition) is 1. The van der Waals surface area contributed by atoms with Crippen LogP contribution in [-0.2, 0) is 4.74 Å². The highest BCUT2D eigenvalue weighted by Crippen LogP contribution is 2.30. The second kappa shape index (κ2) is 5.10. The van der Waals surface area contributed by atoms with Gasteiger partial charge in [0.05, 0.1) is 12.2 Å². The average Bonchev–Trinajstić information content (AvgIpc) is 2.94. The molecule has 2 atom stereocenters. The van der Waals surface area contributed by atoms with Crippen molar-refractivity contribution in [1.82, 2.24) is 10.2 Å². The van der Waals surface area contributed by atoms with Gasteiger partial charge in [0.1, 0.15) is 0 Å². The quantitative estimate of drug-likeness (QED) is 0.810. The summed E-state index contributed by atoms with van der Waals surface area (Å²) in [7, 11) is 0. The van der Waals surface area contributed by atoms with Crippen molar-refractivity contribution in [2.75, 3.05) is 26.2 Å². The highest BCUT2D eigenvalue weighted by molar-refractivity contribution is 4.87. The first-order chi connectivity index (χ1) is 8.61. The molecule has 0 aromatic heterocycles. The van der Waals surface area contributed by atoms with Crippen LogP contribution in [0.4, 0.5) is 0 Å². The van der Waals surface area contributed by atoms with Crippen molar-refractivity contribution in [3.8, 4) is 0 Å². The maximum atomic E-state index is 6.17. The molecule has 0 aromatic rings. The molecule has 2 aliphatic heterocycles. The Morgan fingerprint density at radius 2 is 1.94 bits per heavy atom. The van der Waals surface area contributed by atoms with Crippen molar-refractivity contribution in [3.63, 3.8) is 0 Å². The van der Waals surface area contributed by atoms with Gasteiger partial charge in [-0.2, -0.15) is 0 Å². The Balaban J connectivity index is 1.36. The van der Waals surface area contributed by atoms with E-state index in [1.165, 1.54) is 45.2 Å². The van der Waals surface area contributed by atoms with Gasteiger partial charge in [0.25, 0.3) is 0 Å². The van der Waals surface area contributed by atoms with Crippen molar-refractivity contribution in [2.45, 2.75) is 64.2 Å². The number of nitrogens with zero attached hydrogens (tertiary/aromatic N) is 1. The van der Waals surface area contributed by atoms with E-state index < -0.39 is 0 Å². The van der Waals surface area contributed by atoms with E-state index in [4.69, 9.17) is 4.74 Å². The zero-order chi connectivity index (χ0) is 12.6. The molecule has 2 saturated heterocycles. The molecular formula is C15H28N2O. The van der Waals surface area contributed by atoms with E-state index in [9.17, 15) is 0 Å². The summed E-state index contributed by atoms with van der Waals surface area (Å²) in [5, 5.41) is 3.59. The molecule has 104 valence electrons. The molecule has 2 heterocycles. The number of rotatable bonds is 5. The summed E-state index contributed by atoms with van der Waals surface area (Å²) in [6.45, 7) is 9.50. The minimum absolute atomic E-state index is 0.478. The fraction of sp³-hybridized carbons (Fsp3) is 1.00. The lowest BCUT2D eigenvalue weighted by atomic mass is 9.93. The maximum absolute atomic E-state index is 6.17. The Labute approximate surface area is 111 Å². The molecule has 0 amide bonds. The van der Waals surface area contributed by atoms with Crippen LogP contribution < -0.4 is 5.32 Å². The van der Waals surface area contributed by atoms with Gasteiger partial charge in [-0.1, -0.05) is 13.8 Å². The SMILES string of the molecule is CC1(C)CCN(CC2CCC(CNC3CC3)O2)C1. The van der Waals surface area contributed by atoms with Crippen LogP contribution in [0.15, 0.2) is 0 Å². The lowest BCUT2D eigenvalue weighted by molar-refractivity contribution is 0.0259. The monoisotopic (exact) mass is 252 g/mol. The lowest BCUT2D eigenvalue weighted by Crippen LogP contribution is -2.34. The number of ether oxygens (including phenoxy) is 1. The minimum atomic E-state index is 0.478. The van der Waals surface area contributed by atoms with Gasteiger partial charge in [0.2, 0.25) is 0 Å². The van der Waals surface area contributed by atoms with Crippen LogP contribution in [0, 0.1) is 5.41 Å². The topological polar surface area (TPSA) is 24.5 Å². The van der Waals surface area contributed by atoms with Crippen molar-refractivity contribution in [2.24, 2.45) is 5.41 Å². The Bertz CT molecular complexity index is 288. The molecule has 3 fully saturated rings. The van der Waals surface area contributed by atoms with Gasteiger partial charge in [0, 0.05) is 25.7 Å². The predicted molar refractivity (Wildman–Crippen MR) is 73.8 cm³/mol. The third-order valence-electron chi connectivity index (χ3n) is 4.63. The van der Waals surface area contributed by atoms with Gasteiger partial charge >= 0.3 is 0 Å². The molecule has 0 radical (unpaired) electrons. The van der Waals surface area contributed by atoms with Crippen LogP contribution in [0.1, 0.15) is 46.0 Å². The van der Waals surface area contributed by atoms with Crippen molar-refractivity contribution in [3.05, 3.63) is 0 Å². The molecule has 1 N–H and O–H groups in total. The Morgan fingerprint density at radius 1 is 1.17 bits per heavy atom. The Kier molecular flexibility index (Phi) is 3.65. The van der Waals surface area contributed by atoms with Crippen LogP contribution in [0.25, 0.3) is 0 Å². The first-order valence-corrected chi connectivity index (χ1v) is 7.72.